The summed E-state index contributed by atoms with van der Waals surface area (Å²) in [5, 5.41) is 9.51. The van der Waals surface area contributed by atoms with Crippen molar-refractivity contribution in [2.24, 2.45) is 0 Å². The van der Waals surface area contributed by atoms with Crippen molar-refractivity contribution in [2.45, 2.75) is 19.4 Å². The smallest absolute Gasteiger partial charge is 0.321 e. The Kier molecular flexibility index (Phi) is 5.59. The summed E-state index contributed by atoms with van der Waals surface area (Å²) in [5.74, 6) is 0.0844. The maximum atomic E-state index is 11.6. The number of carboxylic acids is 1. The summed E-state index contributed by atoms with van der Waals surface area (Å²) in [7, 11) is 2.07. The van der Waals surface area contributed by atoms with E-state index in [0.717, 1.165) is 37.5 Å². The zero-order chi connectivity index (χ0) is 15.2. The first-order valence-corrected chi connectivity index (χ1v) is 7.47. The van der Waals surface area contributed by atoms with Gasteiger partial charge >= 0.3 is 5.97 Å². The second-order valence-corrected chi connectivity index (χ2v) is 5.47. The van der Waals surface area contributed by atoms with Crippen LogP contribution in [0.5, 0.6) is 5.75 Å². The van der Waals surface area contributed by atoms with Gasteiger partial charge in [-0.1, -0.05) is 12.1 Å². The van der Waals surface area contributed by atoms with Crippen LogP contribution in [0.15, 0.2) is 24.3 Å². The molecule has 0 aromatic heterocycles. The van der Waals surface area contributed by atoms with Gasteiger partial charge in [-0.2, -0.15) is 0 Å². The molecule has 1 saturated heterocycles. The van der Waals surface area contributed by atoms with E-state index < -0.39 is 12.0 Å². The number of nitrogens with zero attached hydrogens (tertiary/aromatic N) is 2. The van der Waals surface area contributed by atoms with Gasteiger partial charge in [0.25, 0.3) is 0 Å². The molecule has 0 spiro atoms. The van der Waals surface area contributed by atoms with E-state index in [4.69, 9.17) is 4.74 Å². The monoisotopic (exact) mass is 292 g/mol. The molecule has 1 fully saturated rings. The third-order valence-corrected chi connectivity index (χ3v) is 3.93. The van der Waals surface area contributed by atoms with Gasteiger partial charge in [-0.3, -0.25) is 9.69 Å². The normalized spacial score (nSPS) is 18.4. The van der Waals surface area contributed by atoms with Crippen LogP contribution in [-0.2, 0) is 11.2 Å². The lowest BCUT2D eigenvalue weighted by Gasteiger charge is -2.36. The standard InChI is InChI=1S/C16H24N2O3/c1-3-21-14-6-4-13(5-7-14)12-15(16(19)20)18-10-8-17(2)9-11-18/h4-7,15H,3,8-12H2,1-2H3,(H,19,20)/t15-/m0/s1. The minimum absolute atomic E-state index is 0.448. The Bertz CT molecular complexity index is 453. The molecule has 1 aliphatic heterocycles. The maximum Gasteiger partial charge on any atom is 0.321 e. The van der Waals surface area contributed by atoms with Gasteiger partial charge in [-0.25, -0.2) is 0 Å². The molecule has 5 heteroatoms. The summed E-state index contributed by atoms with van der Waals surface area (Å²) in [4.78, 5) is 15.9. The number of carboxylic acid groups (broad SMARTS) is 1. The molecular weight excluding hydrogens is 268 g/mol. The van der Waals surface area contributed by atoms with Crippen LogP contribution in [-0.4, -0.2) is 66.8 Å². The van der Waals surface area contributed by atoms with Crippen molar-refractivity contribution in [3.8, 4) is 5.75 Å². The van der Waals surface area contributed by atoms with Crippen molar-refractivity contribution in [3.63, 3.8) is 0 Å². The fraction of sp³-hybridized carbons (Fsp3) is 0.562. The second kappa shape index (κ2) is 7.43. The van der Waals surface area contributed by atoms with Gasteiger partial charge in [0.05, 0.1) is 6.61 Å². The number of piperazine rings is 1. The summed E-state index contributed by atoms with van der Waals surface area (Å²) >= 11 is 0. The van der Waals surface area contributed by atoms with Gasteiger partial charge in [0.1, 0.15) is 11.8 Å². The van der Waals surface area contributed by atoms with Crippen molar-refractivity contribution in [3.05, 3.63) is 29.8 Å². The third kappa shape index (κ3) is 4.44. The molecule has 1 atom stereocenters. The molecule has 116 valence electrons. The molecule has 0 bridgehead atoms. The fourth-order valence-electron chi connectivity index (χ4n) is 2.62. The van der Waals surface area contributed by atoms with E-state index in [9.17, 15) is 9.90 Å². The molecule has 1 aliphatic rings. The minimum Gasteiger partial charge on any atom is -0.494 e. The summed E-state index contributed by atoms with van der Waals surface area (Å²) in [6.07, 6.45) is 0.533. The first kappa shape index (κ1) is 15.8. The highest BCUT2D eigenvalue weighted by molar-refractivity contribution is 5.74. The zero-order valence-corrected chi connectivity index (χ0v) is 12.8. The van der Waals surface area contributed by atoms with Crippen molar-refractivity contribution in [1.29, 1.82) is 0 Å². The van der Waals surface area contributed by atoms with E-state index in [0.29, 0.717) is 13.0 Å². The van der Waals surface area contributed by atoms with Crippen LogP contribution in [0, 0.1) is 0 Å². The van der Waals surface area contributed by atoms with Crippen LogP contribution < -0.4 is 4.74 Å². The van der Waals surface area contributed by atoms with Gasteiger partial charge < -0.3 is 14.7 Å². The van der Waals surface area contributed by atoms with E-state index in [2.05, 4.69) is 16.8 Å². The van der Waals surface area contributed by atoms with Gasteiger partial charge in [-0.05, 0) is 38.1 Å². The molecule has 0 unspecified atom stereocenters. The van der Waals surface area contributed by atoms with Crippen LogP contribution in [0.1, 0.15) is 12.5 Å². The average molecular weight is 292 g/mol. The Morgan fingerprint density at radius 2 is 1.86 bits per heavy atom. The topological polar surface area (TPSA) is 53.0 Å². The first-order valence-electron chi connectivity index (χ1n) is 7.47. The van der Waals surface area contributed by atoms with E-state index in [1.165, 1.54) is 0 Å². The van der Waals surface area contributed by atoms with E-state index in [1.54, 1.807) is 0 Å². The van der Waals surface area contributed by atoms with Crippen LogP contribution in [0.4, 0.5) is 0 Å². The van der Waals surface area contributed by atoms with Crippen LogP contribution in [0.2, 0.25) is 0 Å². The largest absolute Gasteiger partial charge is 0.494 e. The molecule has 21 heavy (non-hydrogen) atoms. The molecule has 2 rings (SSSR count). The van der Waals surface area contributed by atoms with Gasteiger partial charge in [0.15, 0.2) is 0 Å². The third-order valence-electron chi connectivity index (χ3n) is 3.93. The van der Waals surface area contributed by atoms with Crippen LogP contribution in [0.25, 0.3) is 0 Å². The summed E-state index contributed by atoms with van der Waals surface area (Å²) in [5.41, 5.74) is 1.03. The quantitative estimate of drug-likeness (QED) is 0.857. The highest BCUT2D eigenvalue weighted by Crippen LogP contribution is 2.16. The Morgan fingerprint density at radius 3 is 2.38 bits per heavy atom. The molecule has 0 amide bonds. The van der Waals surface area contributed by atoms with E-state index in [-0.39, 0.29) is 0 Å². The maximum absolute atomic E-state index is 11.6. The predicted octanol–water partition coefficient (Wildman–Crippen LogP) is 1.33. The number of benzene rings is 1. The molecule has 5 nitrogen and oxygen atoms in total. The average Bonchev–Trinajstić information content (AvgIpc) is 2.47. The number of aliphatic carboxylic acids is 1. The number of rotatable bonds is 6. The lowest BCUT2D eigenvalue weighted by molar-refractivity contribution is -0.144. The van der Waals surface area contributed by atoms with Crippen molar-refractivity contribution in [2.75, 3.05) is 39.8 Å². The number of hydrogen-bond acceptors (Lipinski definition) is 4. The van der Waals surface area contributed by atoms with Crippen LogP contribution in [0.3, 0.4) is 0 Å². The number of carbonyl (C=O) groups is 1. The highest BCUT2D eigenvalue weighted by Gasteiger charge is 2.28. The Hall–Kier alpha value is -1.59. The number of ether oxygens (including phenoxy) is 1. The van der Waals surface area contributed by atoms with Crippen molar-refractivity contribution in [1.82, 2.24) is 9.80 Å². The molecule has 0 aliphatic carbocycles. The van der Waals surface area contributed by atoms with Gasteiger partial charge in [-0.15, -0.1) is 0 Å². The summed E-state index contributed by atoms with van der Waals surface area (Å²) < 4.78 is 5.41. The van der Waals surface area contributed by atoms with Gasteiger partial charge in [0.2, 0.25) is 0 Å². The SMILES string of the molecule is CCOc1ccc(C[C@@H](C(=O)O)N2CCN(C)CC2)cc1. The molecule has 1 N–H and O–H groups in total. The van der Waals surface area contributed by atoms with Gasteiger partial charge in [0, 0.05) is 26.2 Å². The molecule has 1 aromatic rings. The molecule has 0 radical (unpaired) electrons. The lowest BCUT2D eigenvalue weighted by atomic mass is 10.0. The molecule has 1 heterocycles. The number of likely N-dealkylation sites (N-methyl/N-ethyl adjacent to an activating group) is 1. The summed E-state index contributed by atoms with van der Waals surface area (Å²) in [6.45, 7) is 6.05. The molecule has 0 saturated carbocycles. The Balaban J connectivity index is 2.00. The Labute approximate surface area is 126 Å². The second-order valence-electron chi connectivity index (χ2n) is 5.47. The highest BCUT2D eigenvalue weighted by atomic mass is 16.5. The van der Waals surface area contributed by atoms with Crippen LogP contribution >= 0.6 is 0 Å². The van der Waals surface area contributed by atoms with Crippen molar-refractivity contribution < 1.29 is 14.6 Å². The minimum atomic E-state index is -0.742. The predicted molar refractivity (Wildman–Crippen MR) is 81.8 cm³/mol. The lowest BCUT2D eigenvalue weighted by Crippen LogP contribution is -2.52. The van der Waals surface area contributed by atoms with E-state index in [1.807, 2.05) is 31.2 Å². The summed E-state index contributed by atoms with van der Waals surface area (Å²) in [6, 6.07) is 7.27. The molecule has 1 aromatic carbocycles. The fourth-order valence-corrected chi connectivity index (χ4v) is 2.62. The van der Waals surface area contributed by atoms with Crippen molar-refractivity contribution >= 4 is 5.97 Å². The number of hydrogen-bond donors (Lipinski definition) is 1. The zero-order valence-electron chi connectivity index (χ0n) is 12.8. The first-order chi connectivity index (χ1) is 10.1. The molecular formula is C16H24N2O3. The van der Waals surface area contributed by atoms with E-state index >= 15 is 0 Å². The Morgan fingerprint density at radius 1 is 1.24 bits per heavy atom.